The highest BCUT2D eigenvalue weighted by atomic mass is 19.1. The summed E-state index contributed by atoms with van der Waals surface area (Å²) in [5.74, 6) is 1.15. The first-order chi connectivity index (χ1) is 16.2. The van der Waals surface area contributed by atoms with Gasteiger partial charge >= 0.3 is 0 Å². The molecule has 1 fully saturated rings. The van der Waals surface area contributed by atoms with E-state index in [-0.39, 0.29) is 24.4 Å². The number of fused-ring (bicyclic) bond motifs is 1. The lowest BCUT2D eigenvalue weighted by Crippen LogP contribution is -2.41. The first-order valence-electron chi connectivity index (χ1n) is 11.1. The second kappa shape index (κ2) is 9.54. The average molecular weight is 448 g/mol. The third-order valence-electron chi connectivity index (χ3n) is 6.17. The number of nitrogens with zero attached hydrogens (tertiary/aromatic N) is 3. The lowest BCUT2D eigenvalue weighted by molar-refractivity contribution is -0.127. The number of piperidine rings is 1. The van der Waals surface area contributed by atoms with Gasteiger partial charge in [0.25, 0.3) is 0 Å². The molecule has 2 aromatic carbocycles. The van der Waals surface area contributed by atoms with Gasteiger partial charge in [0.2, 0.25) is 12.7 Å². The van der Waals surface area contributed by atoms with Gasteiger partial charge in [0, 0.05) is 24.9 Å². The average Bonchev–Trinajstić information content (AvgIpc) is 3.32. The molecule has 8 heteroatoms. The zero-order valence-corrected chi connectivity index (χ0v) is 18.1. The summed E-state index contributed by atoms with van der Waals surface area (Å²) in [5.41, 5.74) is 2.56. The van der Waals surface area contributed by atoms with E-state index in [0.29, 0.717) is 5.69 Å². The predicted molar refractivity (Wildman–Crippen MR) is 119 cm³/mol. The van der Waals surface area contributed by atoms with Crippen LogP contribution >= 0.6 is 0 Å². The molecular formula is C25H25FN4O3. The van der Waals surface area contributed by atoms with Crippen molar-refractivity contribution in [3.63, 3.8) is 0 Å². The van der Waals surface area contributed by atoms with Crippen LogP contribution in [0.1, 0.15) is 35.7 Å². The van der Waals surface area contributed by atoms with Gasteiger partial charge in [-0.3, -0.25) is 19.7 Å². The maximum Gasteiger partial charge on any atom is 0.231 e. The van der Waals surface area contributed by atoms with Crippen molar-refractivity contribution in [2.24, 2.45) is 5.92 Å². The van der Waals surface area contributed by atoms with Gasteiger partial charge in [-0.15, -0.1) is 0 Å². The van der Waals surface area contributed by atoms with E-state index < -0.39 is 6.04 Å². The number of hydrogen-bond donors (Lipinski definition) is 1. The molecule has 0 radical (unpaired) electrons. The Kier molecular flexibility index (Phi) is 6.17. The maximum atomic E-state index is 13.4. The molecule has 0 bridgehead atoms. The van der Waals surface area contributed by atoms with Crippen LogP contribution in [0.15, 0.2) is 61.1 Å². The van der Waals surface area contributed by atoms with Crippen LogP contribution in [0.5, 0.6) is 11.5 Å². The third kappa shape index (κ3) is 4.96. The number of aromatic nitrogens is 2. The Labute approximate surface area is 191 Å². The minimum Gasteiger partial charge on any atom is -0.454 e. The fourth-order valence-electron chi connectivity index (χ4n) is 4.35. The largest absolute Gasteiger partial charge is 0.454 e. The standard InChI is InChI=1S/C25H25FN4O3/c26-20-4-2-18(3-5-20)24(21-14-27-9-10-28-21)29-25(31)19-7-11-30(12-8-19)15-17-1-6-22-23(13-17)33-16-32-22/h1-6,9-10,13-14,19,24H,7-8,11-12,15-16H2,(H,29,31). The molecule has 1 unspecified atom stereocenters. The first-order valence-corrected chi connectivity index (χ1v) is 11.1. The Hall–Kier alpha value is -3.52. The molecule has 0 spiro atoms. The molecule has 0 aliphatic carbocycles. The van der Waals surface area contributed by atoms with Crippen LogP contribution < -0.4 is 14.8 Å². The zero-order valence-electron chi connectivity index (χ0n) is 18.1. The molecule has 1 saturated heterocycles. The van der Waals surface area contributed by atoms with Gasteiger partial charge in [0.1, 0.15) is 5.82 Å². The van der Waals surface area contributed by atoms with Crippen molar-refractivity contribution >= 4 is 5.91 Å². The first kappa shape index (κ1) is 21.3. The molecule has 3 heterocycles. The highest BCUT2D eigenvalue weighted by molar-refractivity contribution is 5.79. The number of likely N-dealkylation sites (tertiary alicyclic amines) is 1. The van der Waals surface area contributed by atoms with E-state index in [1.54, 1.807) is 30.7 Å². The Bertz CT molecular complexity index is 1100. The van der Waals surface area contributed by atoms with E-state index in [2.05, 4.69) is 26.3 Å². The number of ether oxygens (including phenoxy) is 2. The van der Waals surface area contributed by atoms with Crippen LogP contribution in [0.2, 0.25) is 0 Å². The molecule has 1 aromatic heterocycles. The van der Waals surface area contributed by atoms with Crippen molar-refractivity contribution in [2.45, 2.75) is 25.4 Å². The van der Waals surface area contributed by atoms with Gasteiger partial charge < -0.3 is 14.8 Å². The van der Waals surface area contributed by atoms with Gasteiger partial charge in [0.05, 0.1) is 17.9 Å². The SMILES string of the molecule is O=C(NC(c1ccc(F)cc1)c1cnccn1)C1CCN(Cc2ccc3c(c2)OCO3)CC1. The number of benzene rings is 2. The van der Waals surface area contributed by atoms with Gasteiger partial charge in [-0.05, 0) is 61.3 Å². The topological polar surface area (TPSA) is 76.6 Å². The molecule has 33 heavy (non-hydrogen) atoms. The lowest BCUT2D eigenvalue weighted by Gasteiger charge is -2.32. The molecule has 170 valence electrons. The molecule has 1 atom stereocenters. The summed E-state index contributed by atoms with van der Waals surface area (Å²) in [6, 6.07) is 11.7. The molecule has 5 rings (SSSR count). The highest BCUT2D eigenvalue weighted by Crippen LogP contribution is 2.33. The minimum atomic E-state index is -0.474. The Morgan fingerprint density at radius 3 is 2.64 bits per heavy atom. The molecule has 2 aliphatic rings. The second-order valence-corrected chi connectivity index (χ2v) is 8.36. The predicted octanol–water partition coefficient (Wildman–Crippen LogP) is 3.46. The summed E-state index contributed by atoms with van der Waals surface area (Å²) >= 11 is 0. The van der Waals surface area contributed by atoms with Gasteiger partial charge in [-0.1, -0.05) is 18.2 Å². The third-order valence-corrected chi connectivity index (χ3v) is 6.17. The minimum absolute atomic E-state index is 0.0160. The zero-order chi connectivity index (χ0) is 22.6. The van der Waals surface area contributed by atoms with Gasteiger partial charge in [0.15, 0.2) is 11.5 Å². The number of hydrogen-bond acceptors (Lipinski definition) is 6. The van der Waals surface area contributed by atoms with E-state index in [0.717, 1.165) is 49.5 Å². The monoisotopic (exact) mass is 448 g/mol. The molecule has 1 amide bonds. The highest BCUT2D eigenvalue weighted by Gasteiger charge is 2.28. The second-order valence-electron chi connectivity index (χ2n) is 8.36. The van der Waals surface area contributed by atoms with Crippen LogP contribution in [-0.2, 0) is 11.3 Å². The molecule has 1 N–H and O–H groups in total. The number of carbonyl (C=O) groups excluding carboxylic acids is 1. The summed E-state index contributed by atoms with van der Waals surface area (Å²) < 4.78 is 24.3. The van der Waals surface area contributed by atoms with Crippen LogP contribution in [0.25, 0.3) is 0 Å². The van der Waals surface area contributed by atoms with Crippen molar-refractivity contribution in [3.8, 4) is 11.5 Å². The van der Waals surface area contributed by atoms with Crippen molar-refractivity contribution < 1.29 is 18.7 Å². The number of rotatable bonds is 6. The fraction of sp³-hybridized carbons (Fsp3) is 0.320. The van der Waals surface area contributed by atoms with E-state index in [9.17, 15) is 9.18 Å². The smallest absolute Gasteiger partial charge is 0.231 e. The molecular weight excluding hydrogens is 423 g/mol. The summed E-state index contributed by atoms with van der Waals surface area (Å²) in [4.78, 5) is 24.0. The van der Waals surface area contributed by atoms with E-state index in [1.165, 1.54) is 17.7 Å². The molecule has 7 nitrogen and oxygen atoms in total. The normalized spacial score (nSPS) is 17.0. The van der Waals surface area contributed by atoms with Crippen molar-refractivity contribution in [2.75, 3.05) is 19.9 Å². The quantitative estimate of drug-likeness (QED) is 0.623. The van der Waals surface area contributed by atoms with E-state index in [1.807, 2.05) is 12.1 Å². The number of amides is 1. The van der Waals surface area contributed by atoms with Crippen LogP contribution in [-0.4, -0.2) is 40.7 Å². The van der Waals surface area contributed by atoms with E-state index >= 15 is 0 Å². The fourth-order valence-corrected chi connectivity index (χ4v) is 4.35. The summed E-state index contributed by atoms with van der Waals surface area (Å²) in [6.45, 7) is 2.74. The van der Waals surface area contributed by atoms with Crippen LogP contribution in [0.4, 0.5) is 4.39 Å². The van der Waals surface area contributed by atoms with Crippen LogP contribution in [0, 0.1) is 11.7 Å². The molecule has 2 aliphatic heterocycles. The number of carbonyl (C=O) groups is 1. The Morgan fingerprint density at radius 2 is 1.88 bits per heavy atom. The Balaban J connectivity index is 1.21. The van der Waals surface area contributed by atoms with Crippen molar-refractivity contribution in [1.29, 1.82) is 0 Å². The Morgan fingerprint density at radius 1 is 1.09 bits per heavy atom. The number of halogens is 1. The number of nitrogens with one attached hydrogen (secondary N) is 1. The van der Waals surface area contributed by atoms with Crippen LogP contribution in [0.3, 0.4) is 0 Å². The van der Waals surface area contributed by atoms with E-state index in [4.69, 9.17) is 9.47 Å². The molecule has 0 saturated carbocycles. The summed E-state index contributed by atoms with van der Waals surface area (Å²) in [7, 11) is 0. The summed E-state index contributed by atoms with van der Waals surface area (Å²) in [5, 5.41) is 3.12. The maximum absolute atomic E-state index is 13.4. The van der Waals surface area contributed by atoms with Gasteiger partial charge in [-0.2, -0.15) is 0 Å². The summed E-state index contributed by atoms with van der Waals surface area (Å²) in [6.07, 6.45) is 6.35. The molecule has 3 aromatic rings. The lowest BCUT2D eigenvalue weighted by atomic mass is 9.94. The van der Waals surface area contributed by atoms with Crippen molar-refractivity contribution in [1.82, 2.24) is 20.2 Å². The van der Waals surface area contributed by atoms with Gasteiger partial charge in [-0.25, -0.2) is 4.39 Å². The van der Waals surface area contributed by atoms with Crippen molar-refractivity contribution in [3.05, 3.63) is 83.7 Å².